The van der Waals surface area contributed by atoms with Gasteiger partial charge in [-0.15, -0.1) is 0 Å². The van der Waals surface area contributed by atoms with Gasteiger partial charge in [0.2, 0.25) is 0 Å². The molecule has 0 aliphatic heterocycles. The molecule has 10 nitrogen and oxygen atoms in total. The van der Waals surface area contributed by atoms with Gasteiger partial charge in [-0.25, -0.2) is 29.9 Å². The van der Waals surface area contributed by atoms with Crippen molar-refractivity contribution in [1.29, 1.82) is 0 Å². The van der Waals surface area contributed by atoms with Crippen LogP contribution in [0.1, 0.15) is 0 Å². The van der Waals surface area contributed by atoms with Gasteiger partial charge in [0, 0.05) is 98.8 Å². The van der Waals surface area contributed by atoms with Crippen LogP contribution in [0.3, 0.4) is 0 Å². The molecule has 0 atom stereocenters. The lowest BCUT2D eigenvalue weighted by Gasteiger charge is -2.17. The summed E-state index contributed by atoms with van der Waals surface area (Å²) in [6, 6.07) is 141. The quantitative estimate of drug-likeness (QED) is 0.106. The normalized spacial score (nSPS) is 11.7. The molecule has 0 unspecified atom stereocenters. The molecule has 17 aromatic carbocycles. The molecule has 10 heteroatoms. The Balaban J connectivity index is 0.621. The molecule has 6 heterocycles. The van der Waals surface area contributed by atoms with Crippen LogP contribution in [0.2, 0.25) is 0 Å². The summed E-state index contributed by atoms with van der Waals surface area (Å²) in [6.45, 7) is 0. The number of rotatable bonds is 14. The zero-order valence-electron chi connectivity index (χ0n) is 63.5. The summed E-state index contributed by atoms with van der Waals surface area (Å²) in [5.74, 6) is 3.47. The van der Waals surface area contributed by atoms with Gasteiger partial charge >= 0.3 is 0 Å². The van der Waals surface area contributed by atoms with Crippen LogP contribution in [0.25, 0.3) is 234 Å². The lowest BCUT2D eigenvalue weighted by molar-refractivity contribution is 0.669. The fraction of sp³-hybridized carbons (Fsp3) is 0. The second kappa shape index (κ2) is 28.0. The highest BCUT2D eigenvalue weighted by Crippen LogP contribution is 2.46. The monoisotopic (exact) mass is 1510 g/mol. The predicted molar refractivity (Wildman–Crippen MR) is 482 cm³/mol. The van der Waals surface area contributed by atoms with Gasteiger partial charge in [0.05, 0.1) is 27.8 Å². The summed E-state index contributed by atoms with van der Waals surface area (Å²) in [5.41, 5.74) is 27.4. The van der Waals surface area contributed by atoms with E-state index in [4.69, 9.17) is 38.7 Å². The fourth-order valence-corrected chi connectivity index (χ4v) is 17.4. The van der Waals surface area contributed by atoms with Crippen molar-refractivity contribution in [2.75, 3.05) is 0 Å². The molecule has 0 aliphatic carbocycles. The Kier molecular flexibility index (Phi) is 16.0. The van der Waals surface area contributed by atoms with E-state index in [0.29, 0.717) is 34.9 Å². The molecule has 550 valence electrons. The molecule has 0 fully saturated rings. The fourth-order valence-electron chi connectivity index (χ4n) is 17.4. The number of aromatic nitrogens is 8. The molecule has 0 saturated heterocycles. The van der Waals surface area contributed by atoms with E-state index in [0.717, 1.165) is 199 Å². The Morgan fingerprint density at radius 2 is 0.542 bits per heavy atom. The number of para-hydroxylation sites is 5. The van der Waals surface area contributed by atoms with Crippen LogP contribution in [-0.4, -0.2) is 39.0 Å². The van der Waals surface area contributed by atoms with Gasteiger partial charge in [-0.1, -0.05) is 315 Å². The van der Waals surface area contributed by atoms with Crippen LogP contribution in [0.15, 0.2) is 409 Å². The number of fused-ring (bicyclic) bond motifs is 12. The number of furan rings is 2. The van der Waals surface area contributed by atoms with Gasteiger partial charge in [-0.05, 0) is 135 Å². The largest absolute Gasteiger partial charge is 0.455 e. The molecule has 6 aromatic heterocycles. The third-order valence-electron chi connectivity index (χ3n) is 23.1. The highest BCUT2D eigenvalue weighted by Gasteiger charge is 2.25. The van der Waals surface area contributed by atoms with Crippen LogP contribution < -0.4 is 0 Å². The zero-order chi connectivity index (χ0) is 77.7. The molecular weight excluding hydrogens is 1440 g/mol. The van der Waals surface area contributed by atoms with Crippen LogP contribution in [0, 0.1) is 0 Å². The first kappa shape index (κ1) is 67.6. The van der Waals surface area contributed by atoms with Crippen LogP contribution in [0.4, 0.5) is 0 Å². The maximum Gasteiger partial charge on any atom is 0.164 e. The Bertz CT molecular complexity index is 7850. The van der Waals surface area contributed by atoms with E-state index in [1.165, 1.54) is 0 Å². The Hall–Kier alpha value is -16.0. The molecule has 0 bridgehead atoms. The Labute approximate surface area is 677 Å². The van der Waals surface area contributed by atoms with E-state index in [1.807, 2.05) is 91.0 Å². The molecule has 0 radical (unpaired) electrons. The SMILES string of the molecule is c1ccc(-c2ccc(-c3cc(-c4nc(-c5ccccc5)nc(-c5cccc(-c6ccc7c(c6)oc6c(-c8ccc9c%10ccccc%10n(-c%10ccc(-c%11nc(-c%12ccccc%12)nc(-c%12ccccc%12)n%11)c(-c%11ccccc%11)c%10)c9c8)cccc67)c5)n4)ccc3-n3c4ccccc4c4ccc(-c5cccc6c5oc5ccccc56)cc43)cc2)cc1. The lowest BCUT2D eigenvalue weighted by atomic mass is 9.97. The van der Waals surface area contributed by atoms with Gasteiger partial charge in [0.1, 0.15) is 22.3 Å². The Morgan fingerprint density at radius 1 is 0.169 bits per heavy atom. The lowest BCUT2D eigenvalue weighted by Crippen LogP contribution is -2.02. The molecule has 0 spiro atoms. The molecule has 0 N–H and O–H groups in total. The van der Waals surface area contributed by atoms with Gasteiger partial charge in [0.15, 0.2) is 34.9 Å². The van der Waals surface area contributed by atoms with Crippen molar-refractivity contribution in [3.05, 3.63) is 400 Å². The maximum atomic E-state index is 7.15. The number of hydrogen-bond donors (Lipinski definition) is 0. The van der Waals surface area contributed by atoms with Gasteiger partial charge in [-0.3, -0.25) is 0 Å². The summed E-state index contributed by atoms with van der Waals surface area (Å²) in [6.07, 6.45) is 0. The first-order valence-electron chi connectivity index (χ1n) is 39.7. The standard InChI is InChI=1S/C108H66N8O2/c1-6-25-67(26-7-1)68-47-49-70(50-48-68)93-62-79(54-60-96(93)116-95-45-20-17-38-84(95)86-57-53-77(64-98(86)116)81-40-23-42-89-87-39-18-21-46-99(87)117-101(81)89)107-111-103(71-29-10-3-11-30-71)110-106(112-107)78-36-22-35-74(61-78)75-51-58-88-90-43-24-41-82(102(90)118-100(88)65-75)76-52-56-85-83-37-16-19-44-94(83)115(97(85)63-76)80-55-59-91(92(66-80)69-27-8-2-9-28-69)108-113-104(72-31-12-4-13-32-72)109-105(114-108)73-33-14-5-15-34-73/h1-66H. The van der Waals surface area contributed by atoms with E-state index in [9.17, 15) is 0 Å². The van der Waals surface area contributed by atoms with Crippen molar-refractivity contribution in [1.82, 2.24) is 39.0 Å². The molecular formula is C108H66N8O2. The summed E-state index contributed by atoms with van der Waals surface area (Å²) < 4.78 is 18.6. The van der Waals surface area contributed by atoms with Crippen LogP contribution in [-0.2, 0) is 0 Å². The molecule has 0 aliphatic rings. The minimum Gasteiger partial charge on any atom is -0.455 e. The maximum absolute atomic E-state index is 7.15. The number of benzene rings is 17. The predicted octanol–water partition coefficient (Wildman–Crippen LogP) is 28.1. The van der Waals surface area contributed by atoms with Crippen molar-refractivity contribution < 1.29 is 8.83 Å². The van der Waals surface area contributed by atoms with E-state index >= 15 is 0 Å². The van der Waals surface area contributed by atoms with Gasteiger partial charge < -0.3 is 18.0 Å². The molecule has 23 aromatic rings. The average Bonchev–Trinajstić information content (AvgIpc) is 1.58. The second-order valence-electron chi connectivity index (χ2n) is 30.0. The van der Waals surface area contributed by atoms with E-state index < -0.39 is 0 Å². The van der Waals surface area contributed by atoms with Crippen molar-refractivity contribution >= 4 is 87.5 Å². The van der Waals surface area contributed by atoms with E-state index in [1.54, 1.807) is 0 Å². The van der Waals surface area contributed by atoms with Crippen molar-refractivity contribution in [3.8, 4) is 146 Å². The molecule has 118 heavy (non-hydrogen) atoms. The third kappa shape index (κ3) is 11.6. The van der Waals surface area contributed by atoms with Crippen molar-refractivity contribution in [2.45, 2.75) is 0 Å². The third-order valence-corrected chi connectivity index (χ3v) is 23.1. The molecule has 0 amide bonds. The first-order chi connectivity index (χ1) is 58.5. The van der Waals surface area contributed by atoms with Crippen LogP contribution >= 0.6 is 0 Å². The highest BCUT2D eigenvalue weighted by molar-refractivity contribution is 6.16. The van der Waals surface area contributed by atoms with Gasteiger partial charge in [0.25, 0.3) is 0 Å². The van der Waals surface area contributed by atoms with Crippen LogP contribution in [0.5, 0.6) is 0 Å². The summed E-state index contributed by atoms with van der Waals surface area (Å²) in [5, 5.41) is 8.84. The van der Waals surface area contributed by atoms with Crippen molar-refractivity contribution in [2.24, 2.45) is 0 Å². The highest BCUT2D eigenvalue weighted by atomic mass is 16.3. The molecule has 23 rings (SSSR count). The first-order valence-corrected chi connectivity index (χ1v) is 39.7. The topological polar surface area (TPSA) is 113 Å². The average molecular weight is 1510 g/mol. The molecule has 0 saturated carbocycles. The van der Waals surface area contributed by atoms with Crippen molar-refractivity contribution in [3.63, 3.8) is 0 Å². The number of nitrogens with zero attached hydrogens (tertiary/aromatic N) is 8. The summed E-state index contributed by atoms with van der Waals surface area (Å²) in [4.78, 5) is 31.6. The minimum atomic E-state index is 0.547. The Morgan fingerprint density at radius 3 is 1.14 bits per heavy atom. The summed E-state index contributed by atoms with van der Waals surface area (Å²) in [7, 11) is 0. The smallest absolute Gasteiger partial charge is 0.164 e. The number of hydrogen-bond acceptors (Lipinski definition) is 8. The summed E-state index contributed by atoms with van der Waals surface area (Å²) >= 11 is 0. The van der Waals surface area contributed by atoms with E-state index in [-0.39, 0.29) is 0 Å². The van der Waals surface area contributed by atoms with E-state index in [2.05, 4.69) is 319 Å². The second-order valence-corrected chi connectivity index (χ2v) is 30.0. The minimum absolute atomic E-state index is 0.547. The zero-order valence-corrected chi connectivity index (χ0v) is 63.5. The van der Waals surface area contributed by atoms with Gasteiger partial charge in [-0.2, -0.15) is 0 Å².